The van der Waals surface area contributed by atoms with Crippen LogP contribution in [0.1, 0.15) is 55.0 Å². The standard InChI is InChI=1S/C31H31BrN4O4/c1-20-12-14-24(15-13-20)34-28(37)19-40-29-22(16-23(32)17-27(29)39-2)18-33-36-30(21-8-4-3-5-9-21)35-26-11-7-6-10-25(26)31(36)38/h6-7,10-18,21H,3-5,8-9,19H2,1-2H3,(H,34,37). The first-order valence-electron chi connectivity index (χ1n) is 13.4. The maximum atomic E-state index is 13.6. The zero-order valence-corrected chi connectivity index (χ0v) is 24.1. The molecule has 3 aromatic carbocycles. The van der Waals surface area contributed by atoms with E-state index in [9.17, 15) is 9.59 Å². The largest absolute Gasteiger partial charge is 0.493 e. The second-order valence-corrected chi connectivity index (χ2v) is 10.8. The van der Waals surface area contributed by atoms with E-state index in [-0.39, 0.29) is 24.0 Å². The summed E-state index contributed by atoms with van der Waals surface area (Å²) < 4.78 is 13.7. The van der Waals surface area contributed by atoms with Gasteiger partial charge in [-0.15, -0.1) is 0 Å². The van der Waals surface area contributed by atoms with Crippen LogP contribution in [0.15, 0.2) is 75.0 Å². The number of carbonyl (C=O) groups is 1. The highest BCUT2D eigenvalue weighted by Gasteiger charge is 2.22. The number of rotatable bonds is 8. The van der Waals surface area contributed by atoms with Crippen molar-refractivity contribution in [1.82, 2.24) is 9.66 Å². The van der Waals surface area contributed by atoms with E-state index in [1.165, 1.54) is 18.2 Å². The van der Waals surface area contributed by atoms with Crippen LogP contribution in [0.5, 0.6) is 11.5 Å². The topological polar surface area (TPSA) is 94.8 Å². The lowest BCUT2D eigenvalue weighted by Gasteiger charge is -2.22. The second-order valence-electron chi connectivity index (χ2n) is 9.91. The lowest BCUT2D eigenvalue weighted by atomic mass is 9.88. The molecule has 0 unspecified atom stereocenters. The van der Waals surface area contributed by atoms with Gasteiger partial charge >= 0.3 is 0 Å². The van der Waals surface area contributed by atoms with E-state index in [1.807, 2.05) is 49.4 Å². The lowest BCUT2D eigenvalue weighted by Crippen LogP contribution is -2.25. The number of hydrogen-bond acceptors (Lipinski definition) is 6. The van der Waals surface area contributed by atoms with Crippen molar-refractivity contribution >= 4 is 44.6 Å². The van der Waals surface area contributed by atoms with Gasteiger partial charge in [0.1, 0.15) is 5.82 Å². The Hall–Kier alpha value is -3.98. The maximum Gasteiger partial charge on any atom is 0.282 e. The molecule has 4 aromatic rings. The normalized spacial score (nSPS) is 14.0. The average molecular weight is 604 g/mol. The molecule has 0 saturated heterocycles. The Labute approximate surface area is 241 Å². The molecule has 0 radical (unpaired) electrons. The number of hydrogen-bond donors (Lipinski definition) is 1. The number of fused-ring (bicyclic) bond motifs is 1. The van der Waals surface area contributed by atoms with Crippen LogP contribution in [-0.4, -0.2) is 35.5 Å². The van der Waals surface area contributed by atoms with Crippen molar-refractivity contribution in [3.8, 4) is 11.5 Å². The SMILES string of the molecule is COc1cc(Br)cc(C=Nn2c(C3CCCCC3)nc3ccccc3c2=O)c1OCC(=O)Nc1ccc(C)cc1. The minimum atomic E-state index is -0.314. The summed E-state index contributed by atoms with van der Waals surface area (Å²) in [5.74, 6) is 1.28. The minimum Gasteiger partial charge on any atom is -0.493 e. The molecule has 1 fully saturated rings. The summed E-state index contributed by atoms with van der Waals surface area (Å²) in [6, 6.07) is 18.4. The highest BCUT2D eigenvalue weighted by molar-refractivity contribution is 9.10. The maximum absolute atomic E-state index is 13.6. The number of nitrogens with zero attached hydrogens (tertiary/aromatic N) is 3. The quantitative estimate of drug-likeness (QED) is 0.235. The Morgan fingerprint density at radius 1 is 1.12 bits per heavy atom. The zero-order chi connectivity index (χ0) is 28.1. The molecule has 1 saturated carbocycles. The molecular formula is C31H31BrN4O4. The molecule has 0 spiro atoms. The van der Waals surface area contributed by atoms with Gasteiger partial charge in [-0.25, -0.2) is 4.98 Å². The minimum absolute atomic E-state index is 0.154. The summed E-state index contributed by atoms with van der Waals surface area (Å²) in [4.78, 5) is 31.1. The number of aryl methyl sites for hydroxylation is 1. The molecule has 8 nitrogen and oxygen atoms in total. The van der Waals surface area contributed by atoms with Gasteiger partial charge in [-0.1, -0.05) is 65.0 Å². The molecule has 9 heteroatoms. The summed E-state index contributed by atoms with van der Waals surface area (Å²) in [6.07, 6.45) is 6.88. The molecule has 206 valence electrons. The number of anilines is 1. The van der Waals surface area contributed by atoms with Crippen molar-refractivity contribution in [1.29, 1.82) is 0 Å². The third kappa shape index (κ3) is 6.25. The first-order valence-corrected chi connectivity index (χ1v) is 14.1. The van der Waals surface area contributed by atoms with E-state index >= 15 is 0 Å². The fraction of sp³-hybridized carbons (Fsp3) is 0.290. The van der Waals surface area contributed by atoms with Gasteiger partial charge in [-0.3, -0.25) is 9.59 Å². The number of carbonyl (C=O) groups excluding carboxylic acids is 1. The molecule has 0 bridgehead atoms. The molecule has 1 aromatic heterocycles. The number of aromatic nitrogens is 2. The number of nitrogens with one attached hydrogen (secondary N) is 1. The van der Waals surface area contributed by atoms with Crippen LogP contribution in [-0.2, 0) is 4.79 Å². The van der Waals surface area contributed by atoms with E-state index in [1.54, 1.807) is 24.4 Å². The summed E-state index contributed by atoms with van der Waals surface area (Å²) in [6.45, 7) is 1.75. The Morgan fingerprint density at radius 3 is 2.62 bits per heavy atom. The highest BCUT2D eigenvalue weighted by Crippen LogP contribution is 2.35. The van der Waals surface area contributed by atoms with Crippen LogP contribution in [0.25, 0.3) is 10.9 Å². The number of amides is 1. The van der Waals surface area contributed by atoms with Gasteiger partial charge in [0.05, 0.1) is 24.2 Å². The fourth-order valence-corrected chi connectivity index (χ4v) is 5.41. The first-order chi connectivity index (χ1) is 19.4. The summed E-state index contributed by atoms with van der Waals surface area (Å²) >= 11 is 3.51. The van der Waals surface area contributed by atoms with E-state index < -0.39 is 0 Å². The average Bonchev–Trinajstić information content (AvgIpc) is 2.97. The number of halogens is 1. The van der Waals surface area contributed by atoms with Crippen molar-refractivity contribution in [3.05, 3.63) is 92.4 Å². The van der Waals surface area contributed by atoms with Crippen LogP contribution >= 0.6 is 15.9 Å². The van der Waals surface area contributed by atoms with E-state index in [4.69, 9.17) is 14.5 Å². The van der Waals surface area contributed by atoms with Gasteiger partial charge in [0.15, 0.2) is 18.1 Å². The Balaban J connectivity index is 1.48. The van der Waals surface area contributed by atoms with Gasteiger partial charge in [0.2, 0.25) is 0 Å². The molecule has 40 heavy (non-hydrogen) atoms. The van der Waals surface area contributed by atoms with Gasteiger partial charge in [-0.05, 0) is 56.2 Å². The number of benzene rings is 3. The number of ether oxygens (including phenoxy) is 2. The Kier molecular flexibility index (Phi) is 8.60. The van der Waals surface area contributed by atoms with Crippen molar-refractivity contribution < 1.29 is 14.3 Å². The monoisotopic (exact) mass is 602 g/mol. The van der Waals surface area contributed by atoms with Gasteiger partial charge < -0.3 is 14.8 Å². The Morgan fingerprint density at radius 2 is 1.88 bits per heavy atom. The van der Waals surface area contributed by atoms with Crippen LogP contribution in [0.3, 0.4) is 0 Å². The van der Waals surface area contributed by atoms with Crippen LogP contribution < -0.4 is 20.3 Å². The van der Waals surface area contributed by atoms with Crippen LogP contribution in [0, 0.1) is 6.92 Å². The molecule has 1 heterocycles. The van der Waals surface area contributed by atoms with Crippen molar-refractivity contribution in [2.75, 3.05) is 19.0 Å². The molecular weight excluding hydrogens is 572 g/mol. The number of methoxy groups -OCH3 is 1. The third-order valence-electron chi connectivity index (χ3n) is 7.01. The summed E-state index contributed by atoms with van der Waals surface area (Å²) in [5.41, 5.74) is 2.79. The molecule has 1 aliphatic carbocycles. The summed E-state index contributed by atoms with van der Waals surface area (Å²) in [5, 5.41) is 7.98. The third-order valence-corrected chi connectivity index (χ3v) is 7.47. The predicted octanol–water partition coefficient (Wildman–Crippen LogP) is 6.42. The molecule has 0 atom stereocenters. The highest BCUT2D eigenvalue weighted by atomic mass is 79.9. The van der Waals surface area contributed by atoms with Gasteiger partial charge in [0, 0.05) is 21.6 Å². The van der Waals surface area contributed by atoms with Gasteiger partial charge in [-0.2, -0.15) is 9.78 Å². The Bertz CT molecular complexity index is 1610. The fourth-order valence-electron chi connectivity index (χ4n) is 4.96. The van der Waals surface area contributed by atoms with Crippen molar-refractivity contribution in [2.24, 2.45) is 5.10 Å². The second kappa shape index (κ2) is 12.5. The summed E-state index contributed by atoms with van der Waals surface area (Å²) in [7, 11) is 1.53. The first kappa shape index (κ1) is 27.6. The van der Waals surface area contributed by atoms with E-state index in [0.717, 1.165) is 35.7 Å². The molecule has 0 aliphatic heterocycles. The molecule has 1 aliphatic rings. The molecule has 1 N–H and O–H groups in total. The zero-order valence-electron chi connectivity index (χ0n) is 22.5. The smallest absolute Gasteiger partial charge is 0.282 e. The van der Waals surface area contributed by atoms with Crippen LogP contribution in [0.4, 0.5) is 5.69 Å². The molecule has 1 amide bonds. The van der Waals surface area contributed by atoms with Gasteiger partial charge in [0.25, 0.3) is 11.5 Å². The van der Waals surface area contributed by atoms with Crippen molar-refractivity contribution in [3.63, 3.8) is 0 Å². The molecule has 5 rings (SSSR count). The van der Waals surface area contributed by atoms with Crippen LogP contribution in [0.2, 0.25) is 0 Å². The van der Waals surface area contributed by atoms with Crippen molar-refractivity contribution in [2.45, 2.75) is 44.9 Å². The number of para-hydroxylation sites is 1. The van der Waals surface area contributed by atoms with E-state index in [2.05, 4.69) is 26.3 Å². The predicted molar refractivity (Wildman–Crippen MR) is 161 cm³/mol. The van der Waals surface area contributed by atoms with E-state index in [0.29, 0.717) is 39.5 Å². The lowest BCUT2D eigenvalue weighted by molar-refractivity contribution is -0.118.